The third-order valence-corrected chi connectivity index (χ3v) is 6.32. The molecule has 1 saturated heterocycles. The number of amides is 1. The summed E-state index contributed by atoms with van der Waals surface area (Å²) in [5.41, 5.74) is 4.34. The number of nitrogens with zero attached hydrogens (tertiary/aromatic N) is 2. The molecule has 1 aromatic heterocycles. The number of aryl methyl sites for hydroxylation is 2. The number of rotatable bonds is 7. The second-order valence-electron chi connectivity index (χ2n) is 8.63. The summed E-state index contributed by atoms with van der Waals surface area (Å²) in [6.45, 7) is 7.11. The van der Waals surface area contributed by atoms with Gasteiger partial charge in [0.2, 0.25) is 11.8 Å². The first-order valence-electron chi connectivity index (χ1n) is 11.3. The van der Waals surface area contributed by atoms with Crippen molar-refractivity contribution in [3.63, 3.8) is 0 Å². The van der Waals surface area contributed by atoms with Crippen LogP contribution in [0.25, 0.3) is 11.5 Å². The molecule has 0 radical (unpaired) electrons. The van der Waals surface area contributed by atoms with Gasteiger partial charge in [-0.1, -0.05) is 41.4 Å². The number of carbonyl (C=O) groups excluding carboxylic acids is 1. The molecule has 2 aromatic carbocycles. The first kappa shape index (κ1) is 22.6. The van der Waals surface area contributed by atoms with Gasteiger partial charge in [0, 0.05) is 30.2 Å². The van der Waals surface area contributed by atoms with Crippen molar-refractivity contribution in [3.8, 4) is 11.5 Å². The number of carbonyl (C=O) groups is 1. The van der Waals surface area contributed by atoms with E-state index >= 15 is 0 Å². The third kappa shape index (κ3) is 5.78. The molecule has 0 spiro atoms. The largest absolute Gasteiger partial charge is 0.441 e. The first-order valence-corrected chi connectivity index (χ1v) is 11.6. The molecule has 3 aromatic rings. The maximum absolute atomic E-state index is 12.7. The standard InChI is InChI=1S/C26H30ClN3O2/c1-18-5-7-20(8-6-18)13-14-28-25(31)22-4-3-15-30(16-22)17-24-19(2)32-26(29-24)21-9-11-23(27)12-10-21/h5-12,22H,3-4,13-17H2,1-2H3,(H,28,31)/t22-/m1/s1. The molecule has 1 aliphatic rings. The molecule has 1 aliphatic heterocycles. The van der Waals surface area contributed by atoms with Gasteiger partial charge in [-0.05, 0) is 69.5 Å². The van der Waals surface area contributed by atoms with Crippen LogP contribution in [0.4, 0.5) is 0 Å². The van der Waals surface area contributed by atoms with Gasteiger partial charge in [-0.25, -0.2) is 4.98 Å². The van der Waals surface area contributed by atoms with Crippen LogP contribution in [0.1, 0.15) is 35.4 Å². The molecule has 168 valence electrons. The molecule has 0 aliphatic carbocycles. The average Bonchev–Trinajstić information content (AvgIpc) is 3.16. The summed E-state index contributed by atoms with van der Waals surface area (Å²) in [7, 11) is 0. The minimum atomic E-state index is 0.0183. The molecule has 4 rings (SSSR count). The van der Waals surface area contributed by atoms with Gasteiger partial charge >= 0.3 is 0 Å². The lowest BCUT2D eigenvalue weighted by molar-refractivity contribution is -0.126. The van der Waals surface area contributed by atoms with Crippen LogP contribution in [0.15, 0.2) is 52.9 Å². The van der Waals surface area contributed by atoms with Crippen LogP contribution in [0.5, 0.6) is 0 Å². The van der Waals surface area contributed by atoms with Crippen molar-refractivity contribution in [1.29, 1.82) is 0 Å². The molecule has 1 fully saturated rings. The second-order valence-corrected chi connectivity index (χ2v) is 9.07. The van der Waals surface area contributed by atoms with E-state index in [9.17, 15) is 4.79 Å². The summed E-state index contributed by atoms with van der Waals surface area (Å²) in [6, 6.07) is 16.0. The number of halogens is 1. The Balaban J connectivity index is 1.30. The maximum atomic E-state index is 12.7. The number of oxazole rings is 1. The SMILES string of the molecule is Cc1ccc(CCNC(=O)[C@@H]2CCCN(Cc3nc(-c4ccc(Cl)cc4)oc3C)C2)cc1. The van der Waals surface area contributed by atoms with E-state index in [0.717, 1.165) is 49.4 Å². The number of hydrogen-bond donors (Lipinski definition) is 1. The number of benzene rings is 2. The molecule has 0 bridgehead atoms. The molecular formula is C26H30ClN3O2. The van der Waals surface area contributed by atoms with Gasteiger partial charge in [-0.3, -0.25) is 9.69 Å². The lowest BCUT2D eigenvalue weighted by Gasteiger charge is -2.31. The lowest BCUT2D eigenvalue weighted by Crippen LogP contribution is -2.43. The minimum absolute atomic E-state index is 0.0183. The van der Waals surface area contributed by atoms with Crippen LogP contribution >= 0.6 is 11.6 Å². The van der Waals surface area contributed by atoms with E-state index in [2.05, 4.69) is 41.4 Å². The second kappa shape index (κ2) is 10.3. The van der Waals surface area contributed by atoms with Crippen molar-refractivity contribution >= 4 is 17.5 Å². The Bertz CT molecular complexity index is 1040. The van der Waals surface area contributed by atoms with E-state index in [1.165, 1.54) is 11.1 Å². The molecule has 5 nitrogen and oxygen atoms in total. The molecule has 0 unspecified atom stereocenters. The zero-order valence-corrected chi connectivity index (χ0v) is 19.5. The van der Waals surface area contributed by atoms with E-state index in [1.807, 2.05) is 31.2 Å². The Morgan fingerprint density at radius 2 is 1.91 bits per heavy atom. The fourth-order valence-corrected chi connectivity index (χ4v) is 4.27. The number of hydrogen-bond acceptors (Lipinski definition) is 4. The monoisotopic (exact) mass is 451 g/mol. The van der Waals surface area contributed by atoms with E-state index in [4.69, 9.17) is 21.0 Å². The lowest BCUT2D eigenvalue weighted by atomic mass is 9.97. The Labute approximate surface area is 194 Å². The van der Waals surface area contributed by atoms with Gasteiger partial charge < -0.3 is 9.73 Å². The van der Waals surface area contributed by atoms with E-state index in [-0.39, 0.29) is 11.8 Å². The summed E-state index contributed by atoms with van der Waals surface area (Å²) in [4.78, 5) is 19.8. The van der Waals surface area contributed by atoms with E-state index < -0.39 is 0 Å². The first-order chi connectivity index (χ1) is 15.5. The number of aromatic nitrogens is 1. The van der Waals surface area contributed by atoms with Crippen molar-refractivity contribution in [3.05, 3.63) is 76.1 Å². The highest BCUT2D eigenvalue weighted by Gasteiger charge is 2.26. The quantitative estimate of drug-likeness (QED) is 0.537. The Morgan fingerprint density at radius 1 is 1.16 bits per heavy atom. The van der Waals surface area contributed by atoms with Crippen molar-refractivity contribution in [2.75, 3.05) is 19.6 Å². The Morgan fingerprint density at radius 3 is 2.66 bits per heavy atom. The topological polar surface area (TPSA) is 58.4 Å². The van der Waals surface area contributed by atoms with Gasteiger partial charge in [0.05, 0.1) is 11.6 Å². The van der Waals surface area contributed by atoms with Crippen LogP contribution in [-0.4, -0.2) is 35.4 Å². The molecule has 1 atom stereocenters. The highest BCUT2D eigenvalue weighted by atomic mass is 35.5. The van der Waals surface area contributed by atoms with Crippen LogP contribution in [0.3, 0.4) is 0 Å². The molecule has 1 N–H and O–H groups in total. The molecular weight excluding hydrogens is 422 g/mol. The molecule has 1 amide bonds. The summed E-state index contributed by atoms with van der Waals surface area (Å²) in [5, 5.41) is 3.82. The third-order valence-electron chi connectivity index (χ3n) is 6.07. The minimum Gasteiger partial charge on any atom is -0.441 e. The Kier molecular flexibility index (Phi) is 7.28. The van der Waals surface area contributed by atoms with Crippen molar-refractivity contribution in [2.45, 2.75) is 39.7 Å². The number of likely N-dealkylation sites (tertiary alicyclic amines) is 1. The van der Waals surface area contributed by atoms with Crippen molar-refractivity contribution < 1.29 is 9.21 Å². The zero-order chi connectivity index (χ0) is 22.5. The maximum Gasteiger partial charge on any atom is 0.226 e. The van der Waals surface area contributed by atoms with Crippen LogP contribution < -0.4 is 5.32 Å². The fourth-order valence-electron chi connectivity index (χ4n) is 4.14. The summed E-state index contributed by atoms with van der Waals surface area (Å²) in [6.07, 6.45) is 2.80. The highest BCUT2D eigenvalue weighted by molar-refractivity contribution is 6.30. The van der Waals surface area contributed by atoms with Gasteiger partial charge in [-0.2, -0.15) is 0 Å². The smallest absolute Gasteiger partial charge is 0.226 e. The predicted octanol–water partition coefficient (Wildman–Crippen LogP) is 5.18. The highest BCUT2D eigenvalue weighted by Crippen LogP contribution is 2.25. The summed E-state index contributed by atoms with van der Waals surface area (Å²) >= 11 is 5.98. The average molecular weight is 452 g/mol. The molecule has 0 saturated carbocycles. The van der Waals surface area contributed by atoms with Crippen molar-refractivity contribution in [1.82, 2.24) is 15.2 Å². The van der Waals surface area contributed by atoms with Gasteiger partial charge in [0.25, 0.3) is 0 Å². The Hall–Kier alpha value is -2.63. The fraction of sp³-hybridized carbons (Fsp3) is 0.385. The predicted molar refractivity (Wildman–Crippen MR) is 128 cm³/mol. The number of piperidine rings is 1. The van der Waals surface area contributed by atoms with Crippen LogP contribution in [-0.2, 0) is 17.8 Å². The van der Waals surface area contributed by atoms with Gasteiger partial charge in [0.1, 0.15) is 5.76 Å². The molecule has 6 heteroatoms. The van der Waals surface area contributed by atoms with Crippen molar-refractivity contribution in [2.24, 2.45) is 5.92 Å². The van der Waals surface area contributed by atoms with Gasteiger partial charge in [-0.15, -0.1) is 0 Å². The van der Waals surface area contributed by atoms with Gasteiger partial charge in [0.15, 0.2) is 0 Å². The molecule has 2 heterocycles. The molecule has 32 heavy (non-hydrogen) atoms. The van der Waals surface area contributed by atoms with Crippen LogP contribution in [0.2, 0.25) is 5.02 Å². The van der Waals surface area contributed by atoms with E-state index in [0.29, 0.717) is 24.0 Å². The van der Waals surface area contributed by atoms with Crippen LogP contribution in [0, 0.1) is 19.8 Å². The summed E-state index contributed by atoms with van der Waals surface area (Å²) in [5.74, 6) is 1.60. The summed E-state index contributed by atoms with van der Waals surface area (Å²) < 4.78 is 5.90. The number of nitrogens with one attached hydrogen (secondary N) is 1. The zero-order valence-electron chi connectivity index (χ0n) is 18.7. The normalized spacial score (nSPS) is 16.8. The van der Waals surface area contributed by atoms with E-state index in [1.54, 1.807) is 0 Å².